The van der Waals surface area contributed by atoms with Gasteiger partial charge in [-0.3, -0.25) is 9.59 Å². The van der Waals surface area contributed by atoms with Crippen LogP contribution in [0.2, 0.25) is 0 Å². The van der Waals surface area contributed by atoms with E-state index in [1.807, 2.05) is 0 Å². The van der Waals surface area contributed by atoms with E-state index in [0.29, 0.717) is 12.0 Å². The zero-order chi connectivity index (χ0) is 18.1. The van der Waals surface area contributed by atoms with Crippen LogP contribution in [0.1, 0.15) is 24.8 Å². The largest absolute Gasteiger partial charge is 0.324 e. The van der Waals surface area contributed by atoms with Crippen LogP contribution in [-0.4, -0.2) is 11.8 Å². The Hall–Kier alpha value is -2.83. The van der Waals surface area contributed by atoms with Crippen LogP contribution in [0.25, 0.3) is 0 Å². The molecular weight excluding hydrogens is 333 g/mol. The van der Waals surface area contributed by atoms with Gasteiger partial charge in [0.2, 0.25) is 11.8 Å². The molecule has 2 atom stereocenters. The molecule has 2 amide bonds. The van der Waals surface area contributed by atoms with Crippen LogP contribution in [0.5, 0.6) is 0 Å². The summed E-state index contributed by atoms with van der Waals surface area (Å²) in [5, 5.41) is 4.85. The van der Waals surface area contributed by atoms with E-state index in [4.69, 9.17) is 0 Å². The standard InChI is InChI=1S/C18H15F3N2O2/c1-9(24)22-16-7-14(20)15(21)8-17(16)23-18(25)13-6-12(13)10-3-2-4-11(19)5-10/h2-5,7-8,12-13H,6H2,1H3,(H,22,24)(H,23,25)/t12-,13+/m1/s1. The highest BCUT2D eigenvalue weighted by molar-refractivity contribution is 6.01. The predicted molar refractivity (Wildman–Crippen MR) is 86.5 cm³/mol. The van der Waals surface area contributed by atoms with E-state index in [0.717, 1.165) is 12.1 Å². The molecule has 1 saturated carbocycles. The molecule has 0 heterocycles. The molecule has 0 unspecified atom stereocenters. The van der Waals surface area contributed by atoms with E-state index in [1.54, 1.807) is 12.1 Å². The summed E-state index contributed by atoms with van der Waals surface area (Å²) in [4.78, 5) is 23.5. The first-order valence-corrected chi connectivity index (χ1v) is 7.68. The van der Waals surface area contributed by atoms with Crippen molar-refractivity contribution < 1.29 is 22.8 Å². The Morgan fingerprint density at radius 1 is 1.00 bits per heavy atom. The molecule has 0 spiro atoms. The Bertz CT molecular complexity index is 854. The molecule has 2 N–H and O–H groups in total. The molecule has 0 aliphatic heterocycles. The Morgan fingerprint density at radius 3 is 2.24 bits per heavy atom. The minimum Gasteiger partial charge on any atom is -0.324 e. The number of anilines is 2. The van der Waals surface area contributed by atoms with Crippen molar-refractivity contribution in [2.24, 2.45) is 5.92 Å². The monoisotopic (exact) mass is 348 g/mol. The van der Waals surface area contributed by atoms with Crippen molar-refractivity contribution >= 4 is 23.2 Å². The van der Waals surface area contributed by atoms with Crippen molar-refractivity contribution in [3.05, 3.63) is 59.4 Å². The van der Waals surface area contributed by atoms with E-state index in [2.05, 4.69) is 10.6 Å². The summed E-state index contributed by atoms with van der Waals surface area (Å²) in [6, 6.07) is 7.63. The third-order valence-electron chi connectivity index (χ3n) is 4.03. The zero-order valence-electron chi connectivity index (χ0n) is 13.3. The molecule has 1 fully saturated rings. The average molecular weight is 348 g/mol. The molecule has 0 aromatic heterocycles. The first-order valence-electron chi connectivity index (χ1n) is 7.68. The SMILES string of the molecule is CC(=O)Nc1cc(F)c(F)cc1NC(=O)[C@H]1C[C@@H]1c1cccc(F)c1. The lowest BCUT2D eigenvalue weighted by atomic mass is 10.1. The number of hydrogen-bond donors (Lipinski definition) is 2. The van der Waals surface area contributed by atoms with E-state index >= 15 is 0 Å². The van der Waals surface area contributed by atoms with E-state index in [9.17, 15) is 22.8 Å². The maximum atomic E-state index is 13.5. The number of hydrogen-bond acceptors (Lipinski definition) is 2. The molecule has 130 valence electrons. The highest BCUT2D eigenvalue weighted by Gasteiger charge is 2.44. The van der Waals surface area contributed by atoms with Crippen molar-refractivity contribution in [3.8, 4) is 0 Å². The fraction of sp³-hybridized carbons (Fsp3) is 0.222. The summed E-state index contributed by atoms with van der Waals surface area (Å²) in [6.45, 7) is 1.22. The molecule has 2 aromatic rings. The maximum Gasteiger partial charge on any atom is 0.228 e. The summed E-state index contributed by atoms with van der Waals surface area (Å²) in [5.41, 5.74) is 0.666. The quantitative estimate of drug-likeness (QED) is 0.883. The lowest BCUT2D eigenvalue weighted by Crippen LogP contribution is -2.17. The second-order valence-corrected chi connectivity index (χ2v) is 5.99. The molecule has 4 nitrogen and oxygen atoms in total. The molecule has 1 aliphatic carbocycles. The van der Waals surface area contributed by atoms with Crippen molar-refractivity contribution in [3.63, 3.8) is 0 Å². The summed E-state index contributed by atoms with van der Waals surface area (Å²) in [7, 11) is 0. The van der Waals surface area contributed by atoms with E-state index in [-0.39, 0.29) is 29.0 Å². The normalized spacial score (nSPS) is 18.6. The van der Waals surface area contributed by atoms with Crippen LogP contribution in [0.4, 0.5) is 24.5 Å². The number of nitrogens with one attached hydrogen (secondary N) is 2. The van der Waals surface area contributed by atoms with Crippen molar-refractivity contribution in [1.29, 1.82) is 0 Å². The van der Waals surface area contributed by atoms with Crippen LogP contribution in [-0.2, 0) is 9.59 Å². The van der Waals surface area contributed by atoms with Gasteiger partial charge in [-0.15, -0.1) is 0 Å². The minimum absolute atomic E-state index is 0.0241. The summed E-state index contributed by atoms with van der Waals surface area (Å²) < 4.78 is 40.1. The Balaban J connectivity index is 1.75. The van der Waals surface area contributed by atoms with Crippen LogP contribution in [0.15, 0.2) is 36.4 Å². The number of carbonyl (C=O) groups excluding carboxylic acids is 2. The lowest BCUT2D eigenvalue weighted by Gasteiger charge is -2.12. The van der Waals surface area contributed by atoms with Gasteiger partial charge in [0, 0.05) is 25.0 Å². The number of amides is 2. The maximum absolute atomic E-state index is 13.5. The van der Waals surface area contributed by atoms with Crippen molar-refractivity contribution in [2.75, 3.05) is 10.6 Å². The zero-order valence-corrected chi connectivity index (χ0v) is 13.3. The number of carbonyl (C=O) groups is 2. The molecule has 0 saturated heterocycles. The molecule has 2 aromatic carbocycles. The molecular formula is C18H15F3N2O2. The summed E-state index contributed by atoms with van der Waals surface area (Å²) in [5.74, 6) is -4.03. The lowest BCUT2D eigenvalue weighted by molar-refractivity contribution is -0.117. The number of benzene rings is 2. The van der Waals surface area contributed by atoms with Gasteiger partial charge in [0.25, 0.3) is 0 Å². The smallest absolute Gasteiger partial charge is 0.228 e. The molecule has 25 heavy (non-hydrogen) atoms. The fourth-order valence-corrected chi connectivity index (χ4v) is 2.76. The van der Waals surface area contributed by atoms with E-state index < -0.39 is 23.4 Å². The first-order chi connectivity index (χ1) is 11.8. The van der Waals surface area contributed by atoms with Gasteiger partial charge in [0.15, 0.2) is 11.6 Å². The first kappa shape index (κ1) is 17.0. The van der Waals surface area contributed by atoms with Gasteiger partial charge in [0.1, 0.15) is 5.82 Å². The minimum atomic E-state index is -1.14. The third-order valence-corrected chi connectivity index (χ3v) is 4.03. The Labute approximate surface area is 142 Å². The van der Waals surface area contributed by atoms with Crippen molar-refractivity contribution in [1.82, 2.24) is 0 Å². The van der Waals surface area contributed by atoms with E-state index in [1.165, 1.54) is 19.1 Å². The van der Waals surface area contributed by atoms with Crippen LogP contribution < -0.4 is 10.6 Å². The highest BCUT2D eigenvalue weighted by atomic mass is 19.2. The third kappa shape index (κ3) is 3.81. The van der Waals surface area contributed by atoms with Crippen molar-refractivity contribution in [2.45, 2.75) is 19.3 Å². The molecule has 0 radical (unpaired) electrons. The van der Waals surface area contributed by atoms with Gasteiger partial charge < -0.3 is 10.6 Å². The van der Waals surface area contributed by atoms with Gasteiger partial charge in [-0.1, -0.05) is 12.1 Å². The van der Waals surface area contributed by atoms with Gasteiger partial charge in [0.05, 0.1) is 11.4 Å². The van der Waals surface area contributed by atoms with Gasteiger partial charge in [-0.2, -0.15) is 0 Å². The second-order valence-electron chi connectivity index (χ2n) is 5.99. The number of halogens is 3. The summed E-state index contributed by atoms with van der Waals surface area (Å²) >= 11 is 0. The topological polar surface area (TPSA) is 58.2 Å². The number of rotatable bonds is 4. The van der Waals surface area contributed by atoms with Gasteiger partial charge in [-0.05, 0) is 30.0 Å². The average Bonchev–Trinajstić information content (AvgIpc) is 3.32. The Morgan fingerprint density at radius 2 is 1.64 bits per heavy atom. The van der Waals surface area contributed by atoms with Crippen LogP contribution in [0.3, 0.4) is 0 Å². The van der Waals surface area contributed by atoms with Crippen LogP contribution in [0, 0.1) is 23.4 Å². The predicted octanol–water partition coefficient (Wildman–Crippen LogP) is 3.80. The highest BCUT2D eigenvalue weighted by Crippen LogP contribution is 2.48. The molecule has 1 aliphatic rings. The molecule has 0 bridgehead atoms. The molecule has 7 heteroatoms. The Kier molecular flexibility index (Phi) is 4.48. The fourth-order valence-electron chi connectivity index (χ4n) is 2.76. The van der Waals surface area contributed by atoms with Gasteiger partial charge in [-0.25, -0.2) is 13.2 Å². The van der Waals surface area contributed by atoms with Gasteiger partial charge >= 0.3 is 0 Å². The second kappa shape index (κ2) is 6.58. The molecule has 3 rings (SSSR count). The summed E-state index contributed by atoms with van der Waals surface area (Å²) in [6.07, 6.45) is 0.536. The van der Waals surface area contributed by atoms with Crippen LogP contribution >= 0.6 is 0 Å².